The Balaban J connectivity index is 2.13. The molecule has 0 aliphatic carbocycles. The van der Waals surface area contributed by atoms with E-state index in [9.17, 15) is 9.00 Å². The third-order valence-electron chi connectivity index (χ3n) is 3.18. The molecule has 110 valence electrons. The van der Waals surface area contributed by atoms with E-state index < -0.39 is 16.0 Å². The van der Waals surface area contributed by atoms with Crippen molar-refractivity contribution in [1.29, 1.82) is 0 Å². The number of morpholine rings is 1. The number of hydrogen-bond donors (Lipinski definition) is 1. The van der Waals surface area contributed by atoms with Gasteiger partial charge in [0, 0.05) is 23.8 Å². The smallest absolute Gasteiger partial charge is 0.238 e. The van der Waals surface area contributed by atoms with E-state index in [2.05, 4.69) is 0 Å². The summed E-state index contributed by atoms with van der Waals surface area (Å²) in [4.78, 5) is 14.4. The Hall–Kier alpha value is -1.11. The maximum Gasteiger partial charge on any atom is 0.238 e. The summed E-state index contributed by atoms with van der Waals surface area (Å²) in [5.41, 5.74) is 6.16. The summed E-state index contributed by atoms with van der Waals surface area (Å²) >= 11 is 5.82. The fourth-order valence-electron chi connectivity index (χ4n) is 2.03. The first-order valence-corrected chi connectivity index (χ1v) is 7.92. The average molecular weight is 317 g/mol. The van der Waals surface area contributed by atoms with Crippen LogP contribution in [0.15, 0.2) is 23.1 Å². The van der Waals surface area contributed by atoms with Gasteiger partial charge in [-0.25, -0.2) is 0 Å². The summed E-state index contributed by atoms with van der Waals surface area (Å²) in [5.74, 6) is -0.138. The minimum Gasteiger partial charge on any atom is -0.398 e. The lowest BCUT2D eigenvalue weighted by molar-refractivity contribution is -0.134. The SMILES string of the molecule is CC(C(=O)N1CCOCC1)S(=O)c1ccc(Cl)cc1N. The number of hydrogen-bond acceptors (Lipinski definition) is 4. The van der Waals surface area contributed by atoms with Gasteiger partial charge in [0.1, 0.15) is 5.25 Å². The van der Waals surface area contributed by atoms with Crippen LogP contribution >= 0.6 is 11.6 Å². The Kier molecular flexibility index (Phi) is 5.01. The zero-order valence-corrected chi connectivity index (χ0v) is 12.7. The molecular weight excluding hydrogens is 300 g/mol. The number of amides is 1. The van der Waals surface area contributed by atoms with Crippen LogP contribution in [0.5, 0.6) is 0 Å². The Morgan fingerprint density at radius 1 is 1.45 bits per heavy atom. The van der Waals surface area contributed by atoms with Crippen molar-refractivity contribution in [2.45, 2.75) is 17.1 Å². The lowest BCUT2D eigenvalue weighted by Crippen LogP contribution is -2.46. The second-order valence-corrected chi connectivity index (χ2v) is 6.74. The van der Waals surface area contributed by atoms with Crippen LogP contribution in [-0.4, -0.2) is 46.6 Å². The summed E-state index contributed by atoms with van der Waals surface area (Å²) in [6.07, 6.45) is 0. The van der Waals surface area contributed by atoms with Crippen molar-refractivity contribution in [3.05, 3.63) is 23.2 Å². The van der Waals surface area contributed by atoms with Gasteiger partial charge in [-0.2, -0.15) is 0 Å². The topological polar surface area (TPSA) is 72.6 Å². The van der Waals surface area contributed by atoms with Gasteiger partial charge in [0.25, 0.3) is 0 Å². The van der Waals surface area contributed by atoms with Crippen LogP contribution in [0.3, 0.4) is 0 Å². The summed E-state index contributed by atoms with van der Waals surface area (Å²) in [7, 11) is -1.50. The molecule has 2 atom stereocenters. The third kappa shape index (κ3) is 3.31. The van der Waals surface area contributed by atoms with Crippen molar-refractivity contribution in [3.8, 4) is 0 Å². The number of rotatable bonds is 3. The molecule has 2 rings (SSSR count). The summed E-state index contributed by atoms with van der Waals surface area (Å²) < 4.78 is 17.7. The second-order valence-electron chi connectivity index (χ2n) is 4.56. The lowest BCUT2D eigenvalue weighted by Gasteiger charge is -2.29. The minimum absolute atomic E-state index is 0.138. The first-order chi connectivity index (χ1) is 9.50. The molecule has 5 nitrogen and oxygen atoms in total. The van der Waals surface area contributed by atoms with Crippen LogP contribution < -0.4 is 5.73 Å². The zero-order valence-electron chi connectivity index (χ0n) is 11.2. The van der Waals surface area contributed by atoms with E-state index in [1.165, 1.54) is 0 Å². The molecule has 0 radical (unpaired) electrons. The van der Waals surface area contributed by atoms with Crippen molar-refractivity contribution < 1.29 is 13.7 Å². The van der Waals surface area contributed by atoms with E-state index >= 15 is 0 Å². The molecule has 2 N–H and O–H groups in total. The fourth-order valence-corrected chi connectivity index (χ4v) is 3.41. The molecule has 2 unspecified atom stereocenters. The van der Waals surface area contributed by atoms with Crippen LogP contribution in [0.2, 0.25) is 5.02 Å². The number of carbonyl (C=O) groups excluding carboxylic acids is 1. The van der Waals surface area contributed by atoms with Gasteiger partial charge in [-0.3, -0.25) is 9.00 Å². The van der Waals surface area contributed by atoms with Crippen molar-refractivity contribution in [3.63, 3.8) is 0 Å². The molecule has 1 aliphatic heterocycles. The average Bonchev–Trinajstić information content (AvgIpc) is 2.46. The molecule has 1 amide bonds. The molecule has 1 fully saturated rings. The van der Waals surface area contributed by atoms with E-state index in [1.54, 1.807) is 30.0 Å². The molecule has 0 aromatic heterocycles. The van der Waals surface area contributed by atoms with E-state index in [0.29, 0.717) is 41.9 Å². The highest BCUT2D eigenvalue weighted by Gasteiger charge is 2.28. The predicted molar refractivity (Wildman–Crippen MR) is 79.1 cm³/mol. The van der Waals surface area contributed by atoms with E-state index in [0.717, 1.165) is 0 Å². The lowest BCUT2D eigenvalue weighted by atomic mass is 10.3. The number of benzene rings is 1. The van der Waals surface area contributed by atoms with Crippen molar-refractivity contribution in [2.75, 3.05) is 32.0 Å². The van der Waals surface area contributed by atoms with Crippen LogP contribution in [-0.2, 0) is 20.3 Å². The van der Waals surface area contributed by atoms with Crippen LogP contribution in [0, 0.1) is 0 Å². The van der Waals surface area contributed by atoms with Crippen LogP contribution in [0.25, 0.3) is 0 Å². The highest BCUT2D eigenvalue weighted by molar-refractivity contribution is 7.86. The quantitative estimate of drug-likeness (QED) is 0.853. The van der Waals surface area contributed by atoms with Crippen LogP contribution in [0.4, 0.5) is 5.69 Å². The third-order valence-corrected chi connectivity index (χ3v) is 5.06. The largest absolute Gasteiger partial charge is 0.398 e. The van der Waals surface area contributed by atoms with Crippen molar-refractivity contribution in [1.82, 2.24) is 4.90 Å². The number of nitrogens with zero attached hydrogens (tertiary/aromatic N) is 1. The predicted octanol–water partition coefficient (Wildman–Crippen LogP) is 1.28. The van der Waals surface area contributed by atoms with Gasteiger partial charge in [-0.05, 0) is 25.1 Å². The van der Waals surface area contributed by atoms with Gasteiger partial charge in [-0.1, -0.05) is 11.6 Å². The Morgan fingerprint density at radius 3 is 2.70 bits per heavy atom. The van der Waals surface area contributed by atoms with Gasteiger partial charge in [0.2, 0.25) is 5.91 Å². The normalized spacial score (nSPS) is 18.6. The molecular formula is C13H17ClN2O3S. The highest BCUT2D eigenvalue weighted by atomic mass is 35.5. The minimum atomic E-state index is -1.50. The van der Waals surface area contributed by atoms with E-state index in [-0.39, 0.29) is 5.91 Å². The zero-order chi connectivity index (χ0) is 14.7. The molecule has 1 saturated heterocycles. The number of nitrogens with two attached hydrogens (primary N) is 1. The first-order valence-electron chi connectivity index (χ1n) is 6.33. The Bertz CT molecular complexity index is 532. The number of carbonyl (C=O) groups is 1. The Morgan fingerprint density at radius 2 is 2.10 bits per heavy atom. The fraction of sp³-hybridized carbons (Fsp3) is 0.462. The monoisotopic (exact) mass is 316 g/mol. The van der Waals surface area contributed by atoms with Gasteiger partial charge >= 0.3 is 0 Å². The molecule has 0 bridgehead atoms. The highest BCUT2D eigenvalue weighted by Crippen LogP contribution is 2.23. The van der Waals surface area contributed by atoms with Gasteiger partial charge in [0.05, 0.1) is 28.9 Å². The van der Waals surface area contributed by atoms with Gasteiger partial charge in [-0.15, -0.1) is 0 Å². The number of anilines is 1. The molecule has 1 aromatic rings. The number of nitrogen functional groups attached to an aromatic ring is 1. The number of ether oxygens (including phenoxy) is 1. The summed E-state index contributed by atoms with van der Waals surface area (Å²) in [5, 5.41) is -0.160. The molecule has 7 heteroatoms. The molecule has 1 heterocycles. The number of halogens is 1. The van der Waals surface area contributed by atoms with Crippen molar-refractivity contribution in [2.24, 2.45) is 0 Å². The maximum atomic E-state index is 12.5. The molecule has 0 saturated carbocycles. The summed E-state index contributed by atoms with van der Waals surface area (Å²) in [6.45, 7) is 3.78. The van der Waals surface area contributed by atoms with E-state index in [4.69, 9.17) is 22.1 Å². The molecule has 0 spiro atoms. The summed E-state index contributed by atoms with van der Waals surface area (Å²) in [6, 6.07) is 4.77. The van der Waals surface area contributed by atoms with Gasteiger partial charge < -0.3 is 15.4 Å². The Labute approximate surface area is 125 Å². The van der Waals surface area contributed by atoms with Crippen molar-refractivity contribution >= 4 is 34.0 Å². The maximum absolute atomic E-state index is 12.5. The molecule has 1 aromatic carbocycles. The van der Waals surface area contributed by atoms with Gasteiger partial charge in [0.15, 0.2) is 0 Å². The molecule has 20 heavy (non-hydrogen) atoms. The molecule has 1 aliphatic rings. The second kappa shape index (κ2) is 6.56. The van der Waals surface area contributed by atoms with E-state index in [1.807, 2.05) is 0 Å². The standard InChI is InChI=1S/C13H17ClN2O3S/c1-9(13(17)16-4-6-19-7-5-16)20(18)12-3-2-10(14)8-11(12)15/h2-3,8-9H,4-7,15H2,1H3. The van der Waals surface area contributed by atoms with Crippen LogP contribution in [0.1, 0.15) is 6.92 Å². The first kappa shape index (κ1) is 15.3.